The van der Waals surface area contributed by atoms with Gasteiger partial charge >= 0.3 is 18.1 Å². The molecule has 0 spiro atoms. The third-order valence-electron chi connectivity index (χ3n) is 5.51. The second kappa shape index (κ2) is 11.7. The van der Waals surface area contributed by atoms with Crippen LogP contribution in [-0.2, 0) is 14.3 Å². The number of nitrogens with one attached hydrogen (secondary N) is 2. The number of carbonyl (C=O) groups excluding carboxylic acids is 3. The van der Waals surface area contributed by atoms with Crippen LogP contribution in [-0.4, -0.2) is 79.9 Å². The van der Waals surface area contributed by atoms with Gasteiger partial charge in [-0.2, -0.15) is 0 Å². The molecule has 10 heteroatoms. The summed E-state index contributed by atoms with van der Waals surface area (Å²) in [7, 11) is 0. The van der Waals surface area contributed by atoms with E-state index in [0.717, 1.165) is 5.56 Å². The lowest BCUT2D eigenvalue weighted by molar-refractivity contribution is -0.139. The summed E-state index contributed by atoms with van der Waals surface area (Å²) in [4.78, 5) is 41.2. The number of benzene rings is 1. The molecule has 2 heterocycles. The summed E-state index contributed by atoms with van der Waals surface area (Å²) in [5.74, 6) is 0.225. The fourth-order valence-electron chi connectivity index (χ4n) is 3.98. The van der Waals surface area contributed by atoms with Crippen LogP contribution in [0.3, 0.4) is 0 Å². The number of rotatable bonds is 8. The highest BCUT2D eigenvalue weighted by Gasteiger charge is 2.35. The number of nitrogens with zero attached hydrogens (tertiary/aromatic N) is 2. The predicted molar refractivity (Wildman–Crippen MR) is 125 cm³/mol. The number of urea groups is 1. The van der Waals surface area contributed by atoms with Crippen molar-refractivity contribution in [1.29, 1.82) is 0 Å². The Morgan fingerprint density at radius 2 is 1.68 bits per heavy atom. The highest BCUT2D eigenvalue weighted by Crippen LogP contribution is 2.29. The molecule has 10 nitrogen and oxygen atoms in total. The van der Waals surface area contributed by atoms with Gasteiger partial charge in [0.05, 0.1) is 30.9 Å². The molecule has 1 atom stereocenters. The van der Waals surface area contributed by atoms with Gasteiger partial charge in [0.15, 0.2) is 0 Å². The van der Waals surface area contributed by atoms with Gasteiger partial charge in [0.1, 0.15) is 5.75 Å². The first kappa shape index (κ1) is 25.4. The quantitative estimate of drug-likeness (QED) is 0.557. The van der Waals surface area contributed by atoms with Crippen LogP contribution in [0.15, 0.2) is 35.5 Å². The molecule has 2 aliphatic rings. The Labute approximate surface area is 200 Å². The van der Waals surface area contributed by atoms with Crippen LogP contribution < -0.4 is 15.4 Å². The van der Waals surface area contributed by atoms with Crippen molar-refractivity contribution in [3.8, 4) is 5.75 Å². The average molecular weight is 475 g/mol. The number of piperazine rings is 1. The minimum Gasteiger partial charge on any atom is -0.491 e. The number of hydrogen-bond donors (Lipinski definition) is 2. The number of carbonyl (C=O) groups is 3. The van der Waals surface area contributed by atoms with Crippen LogP contribution in [0.25, 0.3) is 0 Å². The van der Waals surface area contributed by atoms with E-state index in [4.69, 9.17) is 14.2 Å². The van der Waals surface area contributed by atoms with E-state index in [1.165, 1.54) is 0 Å². The topological polar surface area (TPSA) is 109 Å². The molecule has 1 fully saturated rings. The highest BCUT2D eigenvalue weighted by atomic mass is 16.6. The maximum Gasteiger partial charge on any atom is 0.409 e. The fraction of sp³-hybridized carbons (Fsp3) is 0.542. The third-order valence-corrected chi connectivity index (χ3v) is 5.51. The predicted octanol–water partition coefficient (Wildman–Crippen LogP) is 2.42. The Morgan fingerprint density at radius 3 is 2.26 bits per heavy atom. The van der Waals surface area contributed by atoms with E-state index < -0.39 is 12.0 Å². The number of hydrogen-bond acceptors (Lipinski definition) is 7. The van der Waals surface area contributed by atoms with Gasteiger partial charge < -0.3 is 29.7 Å². The zero-order valence-electron chi connectivity index (χ0n) is 20.3. The average Bonchev–Trinajstić information content (AvgIpc) is 2.79. The van der Waals surface area contributed by atoms with Crippen LogP contribution in [0.5, 0.6) is 5.75 Å². The largest absolute Gasteiger partial charge is 0.491 e. The third kappa shape index (κ3) is 6.40. The van der Waals surface area contributed by atoms with Crippen LogP contribution in [0, 0.1) is 0 Å². The van der Waals surface area contributed by atoms with E-state index >= 15 is 0 Å². The molecule has 2 N–H and O–H groups in total. The van der Waals surface area contributed by atoms with Gasteiger partial charge in [-0.3, -0.25) is 4.90 Å². The maximum absolute atomic E-state index is 13.0. The Morgan fingerprint density at radius 1 is 1.03 bits per heavy atom. The summed E-state index contributed by atoms with van der Waals surface area (Å²) in [6, 6.07) is 6.27. The molecule has 3 amide bonds. The van der Waals surface area contributed by atoms with Crippen LogP contribution in [0.1, 0.15) is 39.3 Å². The van der Waals surface area contributed by atoms with Crippen molar-refractivity contribution in [3.63, 3.8) is 0 Å². The second-order valence-corrected chi connectivity index (χ2v) is 8.34. The second-order valence-electron chi connectivity index (χ2n) is 8.34. The number of esters is 1. The first-order valence-corrected chi connectivity index (χ1v) is 11.7. The van der Waals surface area contributed by atoms with E-state index in [0.29, 0.717) is 56.4 Å². The number of amides is 3. The van der Waals surface area contributed by atoms with E-state index in [9.17, 15) is 14.4 Å². The van der Waals surface area contributed by atoms with Gasteiger partial charge in [-0.05, 0) is 45.4 Å². The molecule has 0 bridgehead atoms. The lowest BCUT2D eigenvalue weighted by Gasteiger charge is -2.36. The smallest absolute Gasteiger partial charge is 0.409 e. The van der Waals surface area contributed by atoms with Gasteiger partial charge in [0.2, 0.25) is 0 Å². The zero-order chi connectivity index (χ0) is 24.7. The molecule has 1 aromatic carbocycles. The van der Waals surface area contributed by atoms with Crippen molar-refractivity contribution < 1.29 is 28.6 Å². The Bertz CT molecular complexity index is 907. The van der Waals surface area contributed by atoms with Crippen LogP contribution in [0.4, 0.5) is 9.59 Å². The van der Waals surface area contributed by atoms with Crippen molar-refractivity contribution in [3.05, 3.63) is 41.1 Å². The molecule has 34 heavy (non-hydrogen) atoms. The normalized spacial score (nSPS) is 18.9. The Kier molecular flexibility index (Phi) is 8.75. The minimum atomic E-state index is -0.656. The summed E-state index contributed by atoms with van der Waals surface area (Å²) in [5.41, 5.74) is 1.62. The monoisotopic (exact) mass is 474 g/mol. The van der Waals surface area contributed by atoms with E-state index in [2.05, 4.69) is 15.5 Å². The minimum absolute atomic E-state index is 0.0373. The molecular weight excluding hydrogens is 440 g/mol. The van der Waals surface area contributed by atoms with E-state index in [1.54, 1.807) is 18.7 Å². The Balaban J connectivity index is 1.82. The standard InChI is InChI=1S/C24H34N4O6/c1-5-32-22(29)20-19(15-27-11-13-28(14-12-27)24(31)33-6-2)25-23(30)26-21(20)17-7-9-18(10-8-17)34-16(3)4/h7-10,16,21H,5-6,11-15H2,1-4H3,(H2,25,26,30). The van der Waals surface area contributed by atoms with Gasteiger partial charge in [0, 0.05) is 38.4 Å². The fourth-order valence-corrected chi connectivity index (χ4v) is 3.98. The first-order chi connectivity index (χ1) is 16.3. The molecule has 1 unspecified atom stereocenters. The van der Waals surface area contributed by atoms with E-state index in [-0.39, 0.29) is 24.8 Å². The molecule has 0 radical (unpaired) electrons. The van der Waals surface area contributed by atoms with Crippen molar-refractivity contribution >= 4 is 18.1 Å². The van der Waals surface area contributed by atoms with Crippen molar-refractivity contribution in [2.45, 2.75) is 39.8 Å². The Hall–Kier alpha value is -3.27. The molecule has 1 aromatic rings. The van der Waals surface area contributed by atoms with Gasteiger partial charge in [-0.25, -0.2) is 14.4 Å². The summed E-state index contributed by atoms with van der Waals surface area (Å²) >= 11 is 0. The molecule has 1 saturated heterocycles. The summed E-state index contributed by atoms with van der Waals surface area (Å²) in [6.07, 6.45) is -0.288. The summed E-state index contributed by atoms with van der Waals surface area (Å²) in [6.45, 7) is 10.5. The molecule has 3 rings (SSSR count). The van der Waals surface area contributed by atoms with Crippen molar-refractivity contribution in [2.75, 3.05) is 45.9 Å². The summed E-state index contributed by atoms with van der Waals surface area (Å²) in [5, 5.41) is 5.65. The first-order valence-electron chi connectivity index (χ1n) is 11.7. The van der Waals surface area contributed by atoms with E-state index in [1.807, 2.05) is 38.1 Å². The van der Waals surface area contributed by atoms with Crippen LogP contribution >= 0.6 is 0 Å². The maximum atomic E-state index is 13.0. The van der Waals surface area contributed by atoms with Crippen molar-refractivity contribution in [2.24, 2.45) is 0 Å². The number of ether oxygens (including phenoxy) is 3. The molecule has 186 valence electrons. The van der Waals surface area contributed by atoms with Crippen molar-refractivity contribution in [1.82, 2.24) is 20.4 Å². The molecule has 0 saturated carbocycles. The summed E-state index contributed by atoms with van der Waals surface area (Å²) < 4.78 is 16.1. The van der Waals surface area contributed by atoms with Gasteiger partial charge in [0.25, 0.3) is 0 Å². The molecule has 2 aliphatic heterocycles. The highest BCUT2D eigenvalue weighted by molar-refractivity contribution is 5.95. The van der Waals surface area contributed by atoms with Crippen LogP contribution in [0.2, 0.25) is 0 Å². The zero-order valence-corrected chi connectivity index (χ0v) is 20.3. The lowest BCUT2D eigenvalue weighted by atomic mass is 9.94. The molecule has 0 aromatic heterocycles. The SMILES string of the molecule is CCOC(=O)C1=C(CN2CCN(C(=O)OCC)CC2)NC(=O)NC1c1ccc(OC(C)C)cc1. The van der Waals surface area contributed by atoms with Gasteiger partial charge in [-0.15, -0.1) is 0 Å². The molecule has 0 aliphatic carbocycles. The molecular formula is C24H34N4O6. The van der Waals surface area contributed by atoms with Gasteiger partial charge in [-0.1, -0.05) is 12.1 Å². The lowest BCUT2D eigenvalue weighted by Crippen LogP contribution is -2.52.